The summed E-state index contributed by atoms with van der Waals surface area (Å²) in [5.74, 6) is 2.31. The molecule has 3 nitrogen and oxygen atoms in total. The zero-order chi connectivity index (χ0) is 16.6. The van der Waals surface area contributed by atoms with E-state index in [9.17, 15) is 0 Å². The molecule has 0 aromatic heterocycles. The molecule has 24 heavy (non-hydrogen) atoms. The van der Waals surface area contributed by atoms with Crippen molar-refractivity contribution in [2.24, 2.45) is 0 Å². The Bertz CT molecular complexity index is 724. The van der Waals surface area contributed by atoms with Gasteiger partial charge in [-0.15, -0.1) is 0 Å². The van der Waals surface area contributed by atoms with Crippen LogP contribution < -0.4 is 9.47 Å². The highest BCUT2D eigenvalue weighted by Gasteiger charge is 2.13. The van der Waals surface area contributed by atoms with Crippen LogP contribution >= 0.6 is 0 Å². The Hall–Kier alpha value is -2.78. The molecule has 0 aliphatic rings. The van der Waals surface area contributed by atoms with E-state index in [0.29, 0.717) is 6.61 Å². The van der Waals surface area contributed by atoms with Crippen molar-refractivity contribution in [3.05, 3.63) is 90.5 Å². The molecule has 3 heteroatoms. The summed E-state index contributed by atoms with van der Waals surface area (Å²) in [4.78, 5) is 0. The van der Waals surface area contributed by atoms with Crippen LogP contribution in [0.4, 0.5) is 0 Å². The van der Waals surface area contributed by atoms with E-state index in [2.05, 4.69) is 0 Å². The Labute approximate surface area is 142 Å². The lowest BCUT2D eigenvalue weighted by atomic mass is 10.2. The van der Waals surface area contributed by atoms with Crippen molar-refractivity contribution in [2.75, 3.05) is 6.61 Å². The number of para-hydroxylation sites is 1. The molecule has 0 radical (unpaired) electrons. The maximum absolute atomic E-state index is 5.97. The van der Waals surface area contributed by atoms with Crippen LogP contribution in [0.25, 0.3) is 0 Å². The number of rotatable bonds is 7. The first-order valence-corrected chi connectivity index (χ1v) is 8.01. The third kappa shape index (κ3) is 4.37. The molecule has 1 unspecified atom stereocenters. The number of hydrogen-bond donors (Lipinski definition) is 0. The highest BCUT2D eigenvalue weighted by Crippen LogP contribution is 2.27. The van der Waals surface area contributed by atoms with E-state index in [4.69, 9.17) is 14.2 Å². The normalized spacial score (nSPS) is 11.7. The minimum absolute atomic E-state index is 0.419. The van der Waals surface area contributed by atoms with Gasteiger partial charge in [-0.2, -0.15) is 0 Å². The third-order valence-electron chi connectivity index (χ3n) is 3.44. The fourth-order valence-electron chi connectivity index (χ4n) is 2.29. The summed E-state index contributed by atoms with van der Waals surface area (Å²) in [6, 6.07) is 27.1. The average molecular weight is 320 g/mol. The van der Waals surface area contributed by atoms with Crippen LogP contribution in [0.1, 0.15) is 18.8 Å². The third-order valence-corrected chi connectivity index (χ3v) is 3.44. The van der Waals surface area contributed by atoms with Gasteiger partial charge in [-0.05, 0) is 43.3 Å². The van der Waals surface area contributed by atoms with Crippen molar-refractivity contribution in [1.82, 2.24) is 0 Å². The molecule has 0 heterocycles. The predicted molar refractivity (Wildman–Crippen MR) is 94.4 cm³/mol. The highest BCUT2D eigenvalue weighted by molar-refractivity contribution is 5.35. The van der Waals surface area contributed by atoms with Crippen LogP contribution in [0, 0.1) is 0 Å². The average Bonchev–Trinajstić information content (AvgIpc) is 2.64. The van der Waals surface area contributed by atoms with Gasteiger partial charge in [0.05, 0.1) is 0 Å². The first-order valence-electron chi connectivity index (χ1n) is 8.01. The Morgan fingerprint density at radius 3 is 1.83 bits per heavy atom. The van der Waals surface area contributed by atoms with Gasteiger partial charge in [-0.3, -0.25) is 0 Å². The van der Waals surface area contributed by atoms with Crippen molar-refractivity contribution in [3.63, 3.8) is 0 Å². The minimum atomic E-state index is -0.419. The monoisotopic (exact) mass is 320 g/mol. The van der Waals surface area contributed by atoms with E-state index in [1.165, 1.54) is 0 Å². The van der Waals surface area contributed by atoms with E-state index in [-0.39, 0.29) is 0 Å². The van der Waals surface area contributed by atoms with Crippen molar-refractivity contribution >= 4 is 0 Å². The van der Waals surface area contributed by atoms with Gasteiger partial charge in [0.2, 0.25) is 6.29 Å². The molecular formula is C21H20O3. The predicted octanol–water partition coefficient (Wildman–Crippen LogP) is 5.59. The molecule has 0 N–H and O–H groups in total. The molecule has 0 spiro atoms. The largest absolute Gasteiger partial charge is 0.461 e. The van der Waals surface area contributed by atoms with Crippen molar-refractivity contribution in [1.29, 1.82) is 0 Å². The Balaban J connectivity index is 1.68. The molecule has 0 saturated carbocycles. The topological polar surface area (TPSA) is 27.7 Å². The number of hydrogen-bond acceptors (Lipinski definition) is 3. The molecule has 1 atom stereocenters. The van der Waals surface area contributed by atoms with E-state index >= 15 is 0 Å². The molecule has 3 aromatic rings. The van der Waals surface area contributed by atoms with Crippen molar-refractivity contribution < 1.29 is 14.2 Å². The fraction of sp³-hybridized carbons (Fsp3) is 0.143. The van der Waals surface area contributed by atoms with Gasteiger partial charge in [0.15, 0.2) is 0 Å². The number of ether oxygens (including phenoxy) is 3. The molecule has 3 rings (SSSR count). The summed E-state index contributed by atoms with van der Waals surface area (Å²) in [5, 5.41) is 0. The molecule has 122 valence electrons. The smallest absolute Gasteiger partial charge is 0.226 e. The van der Waals surface area contributed by atoms with E-state index in [0.717, 1.165) is 22.8 Å². The molecule has 0 aliphatic heterocycles. The Morgan fingerprint density at radius 1 is 0.667 bits per heavy atom. The minimum Gasteiger partial charge on any atom is -0.461 e. The van der Waals surface area contributed by atoms with E-state index in [1.54, 1.807) is 0 Å². The summed E-state index contributed by atoms with van der Waals surface area (Å²) in [6.07, 6.45) is -0.419. The Morgan fingerprint density at radius 2 is 1.21 bits per heavy atom. The maximum atomic E-state index is 5.97. The second-order valence-electron chi connectivity index (χ2n) is 5.20. The van der Waals surface area contributed by atoms with Gasteiger partial charge in [-0.25, -0.2) is 0 Å². The van der Waals surface area contributed by atoms with Gasteiger partial charge in [0.25, 0.3) is 0 Å². The standard InChI is InChI=1S/C21H20O3/c1-2-22-21(17-9-5-3-6-10-17)24-20-15-13-19(14-16-20)23-18-11-7-4-8-12-18/h3-16,21H,2H2,1H3. The van der Waals surface area contributed by atoms with Crippen LogP contribution in [-0.2, 0) is 4.74 Å². The lowest BCUT2D eigenvalue weighted by Gasteiger charge is -2.19. The summed E-state index contributed by atoms with van der Waals surface area (Å²) < 4.78 is 17.5. The molecule has 0 saturated heterocycles. The SMILES string of the molecule is CCOC(Oc1ccc(Oc2ccccc2)cc1)c1ccccc1. The highest BCUT2D eigenvalue weighted by atomic mass is 16.7. The molecule has 0 fully saturated rings. The van der Waals surface area contributed by atoms with Gasteiger partial charge in [0.1, 0.15) is 17.2 Å². The van der Waals surface area contributed by atoms with Crippen LogP contribution in [0.3, 0.4) is 0 Å². The second kappa shape index (κ2) is 8.18. The zero-order valence-electron chi connectivity index (χ0n) is 13.6. The van der Waals surface area contributed by atoms with Gasteiger partial charge in [-0.1, -0.05) is 48.5 Å². The first-order chi connectivity index (χ1) is 11.8. The quantitative estimate of drug-likeness (QED) is 0.531. The van der Waals surface area contributed by atoms with Crippen LogP contribution in [0.5, 0.6) is 17.2 Å². The molecule has 0 bridgehead atoms. The van der Waals surface area contributed by atoms with Crippen molar-refractivity contribution in [3.8, 4) is 17.2 Å². The fourth-order valence-corrected chi connectivity index (χ4v) is 2.29. The van der Waals surface area contributed by atoms with Crippen LogP contribution in [0.15, 0.2) is 84.9 Å². The molecular weight excluding hydrogens is 300 g/mol. The first kappa shape index (κ1) is 16.1. The van der Waals surface area contributed by atoms with Crippen LogP contribution in [-0.4, -0.2) is 6.61 Å². The summed E-state index contributed by atoms with van der Waals surface area (Å²) >= 11 is 0. The lowest BCUT2D eigenvalue weighted by Crippen LogP contribution is -2.11. The van der Waals surface area contributed by atoms with E-state index < -0.39 is 6.29 Å². The second-order valence-corrected chi connectivity index (χ2v) is 5.20. The van der Waals surface area contributed by atoms with Gasteiger partial charge < -0.3 is 14.2 Å². The number of benzene rings is 3. The van der Waals surface area contributed by atoms with Gasteiger partial charge in [0, 0.05) is 12.2 Å². The van der Waals surface area contributed by atoms with Crippen molar-refractivity contribution in [2.45, 2.75) is 13.2 Å². The van der Waals surface area contributed by atoms with E-state index in [1.807, 2.05) is 91.9 Å². The summed E-state index contributed by atoms with van der Waals surface area (Å²) in [7, 11) is 0. The maximum Gasteiger partial charge on any atom is 0.226 e. The molecule has 3 aromatic carbocycles. The molecule has 0 aliphatic carbocycles. The Kier molecular flexibility index (Phi) is 5.48. The molecule has 0 amide bonds. The summed E-state index contributed by atoms with van der Waals surface area (Å²) in [6.45, 7) is 2.53. The zero-order valence-corrected chi connectivity index (χ0v) is 13.6. The van der Waals surface area contributed by atoms with Gasteiger partial charge >= 0.3 is 0 Å². The lowest BCUT2D eigenvalue weighted by molar-refractivity contribution is -0.0786. The van der Waals surface area contributed by atoms with Crippen LogP contribution in [0.2, 0.25) is 0 Å². The summed E-state index contributed by atoms with van der Waals surface area (Å²) in [5.41, 5.74) is 0.990.